The van der Waals surface area contributed by atoms with E-state index in [1.165, 1.54) is 0 Å². The number of nitriles is 1. The Kier molecular flexibility index (Phi) is 3.02. The van der Waals surface area contributed by atoms with Crippen molar-refractivity contribution in [2.75, 3.05) is 13.1 Å². The molecule has 1 saturated heterocycles. The Balaban J connectivity index is 1.98. The van der Waals surface area contributed by atoms with Crippen LogP contribution in [0.2, 0.25) is 0 Å². The van der Waals surface area contributed by atoms with E-state index in [2.05, 4.69) is 11.4 Å². The minimum absolute atomic E-state index is 0.0745. The van der Waals surface area contributed by atoms with E-state index in [9.17, 15) is 4.79 Å². The summed E-state index contributed by atoms with van der Waals surface area (Å²) in [5, 5.41) is 12.1. The quantitative estimate of drug-likeness (QED) is 0.631. The standard InChI is InChI=1S/C11H15N3O/c12-8-9-4-3-7-14(9)11(15)10-5-1-2-6-13-10/h3-4,9-10,13H,1-2,5-7H2/t9-,10-/m0/s1. The Morgan fingerprint density at radius 2 is 2.40 bits per heavy atom. The maximum atomic E-state index is 12.0. The maximum Gasteiger partial charge on any atom is 0.241 e. The molecule has 0 aromatic rings. The number of carbonyl (C=O) groups excluding carboxylic acids is 1. The van der Waals surface area contributed by atoms with Gasteiger partial charge >= 0.3 is 0 Å². The first kappa shape index (κ1) is 10.2. The van der Waals surface area contributed by atoms with Crippen LogP contribution in [0.25, 0.3) is 0 Å². The average Bonchev–Trinajstić information content (AvgIpc) is 2.77. The molecule has 15 heavy (non-hydrogen) atoms. The van der Waals surface area contributed by atoms with Gasteiger partial charge in [-0.15, -0.1) is 0 Å². The second-order valence-corrected chi connectivity index (χ2v) is 4.00. The number of carbonyl (C=O) groups is 1. The van der Waals surface area contributed by atoms with Gasteiger partial charge in [0.15, 0.2) is 0 Å². The van der Waals surface area contributed by atoms with Gasteiger partial charge in [-0.25, -0.2) is 0 Å². The lowest BCUT2D eigenvalue weighted by Crippen LogP contribution is -2.50. The first-order valence-corrected chi connectivity index (χ1v) is 5.43. The SMILES string of the molecule is N#C[C@@H]1C=CCN1C(=O)[C@@H]1CCCCN1. The molecule has 0 radical (unpaired) electrons. The molecule has 1 fully saturated rings. The third kappa shape index (κ3) is 2.02. The van der Waals surface area contributed by atoms with Crippen molar-refractivity contribution >= 4 is 5.91 Å². The molecule has 2 heterocycles. The molecule has 0 bridgehead atoms. The van der Waals surface area contributed by atoms with Gasteiger partial charge in [-0.2, -0.15) is 5.26 Å². The van der Waals surface area contributed by atoms with Crippen LogP contribution in [0.15, 0.2) is 12.2 Å². The predicted molar refractivity (Wildman–Crippen MR) is 55.9 cm³/mol. The Labute approximate surface area is 89.6 Å². The Morgan fingerprint density at radius 1 is 1.53 bits per heavy atom. The maximum absolute atomic E-state index is 12.0. The monoisotopic (exact) mass is 205 g/mol. The molecule has 1 amide bonds. The molecule has 80 valence electrons. The smallest absolute Gasteiger partial charge is 0.241 e. The molecule has 0 aromatic heterocycles. The number of hydrogen-bond acceptors (Lipinski definition) is 3. The molecule has 0 aliphatic carbocycles. The highest BCUT2D eigenvalue weighted by Crippen LogP contribution is 2.15. The molecule has 2 aliphatic heterocycles. The van der Waals surface area contributed by atoms with E-state index in [1.54, 1.807) is 11.0 Å². The molecule has 0 aromatic carbocycles. The Hall–Kier alpha value is -1.34. The van der Waals surface area contributed by atoms with Crippen molar-refractivity contribution in [1.29, 1.82) is 5.26 Å². The highest BCUT2D eigenvalue weighted by Gasteiger charge is 2.30. The fourth-order valence-electron chi connectivity index (χ4n) is 2.12. The zero-order valence-electron chi connectivity index (χ0n) is 8.65. The lowest BCUT2D eigenvalue weighted by molar-refractivity contribution is -0.133. The number of amides is 1. The van der Waals surface area contributed by atoms with E-state index in [-0.39, 0.29) is 18.0 Å². The Bertz CT molecular complexity index is 312. The molecule has 0 spiro atoms. The normalized spacial score (nSPS) is 30.2. The van der Waals surface area contributed by atoms with Gasteiger partial charge < -0.3 is 10.2 Å². The molecule has 4 heteroatoms. The van der Waals surface area contributed by atoms with Gasteiger partial charge in [-0.3, -0.25) is 4.79 Å². The first-order valence-electron chi connectivity index (χ1n) is 5.43. The summed E-state index contributed by atoms with van der Waals surface area (Å²) in [6, 6.07) is 1.69. The van der Waals surface area contributed by atoms with Gasteiger partial charge in [0.25, 0.3) is 0 Å². The average molecular weight is 205 g/mol. The first-order chi connectivity index (χ1) is 7.33. The van der Waals surface area contributed by atoms with Crippen molar-refractivity contribution in [2.24, 2.45) is 0 Å². The van der Waals surface area contributed by atoms with Crippen LogP contribution in [0.1, 0.15) is 19.3 Å². The summed E-state index contributed by atoms with van der Waals surface area (Å²) in [6.07, 6.45) is 6.81. The summed E-state index contributed by atoms with van der Waals surface area (Å²) in [5.41, 5.74) is 0. The summed E-state index contributed by atoms with van der Waals surface area (Å²) >= 11 is 0. The summed E-state index contributed by atoms with van der Waals surface area (Å²) in [6.45, 7) is 1.49. The van der Waals surface area contributed by atoms with Crippen molar-refractivity contribution in [3.8, 4) is 6.07 Å². The summed E-state index contributed by atoms with van der Waals surface area (Å²) in [4.78, 5) is 13.7. The number of hydrogen-bond donors (Lipinski definition) is 1. The highest BCUT2D eigenvalue weighted by atomic mass is 16.2. The molecule has 2 aliphatic rings. The van der Waals surface area contributed by atoms with E-state index in [1.807, 2.05) is 6.08 Å². The van der Waals surface area contributed by atoms with E-state index in [0.717, 1.165) is 25.8 Å². The highest BCUT2D eigenvalue weighted by molar-refractivity contribution is 5.83. The van der Waals surface area contributed by atoms with Crippen molar-refractivity contribution in [3.05, 3.63) is 12.2 Å². The molecule has 0 unspecified atom stereocenters. The van der Waals surface area contributed by atoms with Crippen LogP contribution < -0.4 is 5.32 Å². The topological polar surface area (TPSA) is 56.1 Å². The lowest BCUT2D eigenvalue weighted by Gasteiger charge is -2.28. The number of piperidine rings is 1. The lowest BCUT2D eigenvalue weighted by atomic mass is 10.0. The summed E-state index contributed by atoms with van der Waals surface area (Å²) < 4.78 is 0. The van der Waals surface area contributed by atoms with E-state index in [0.29, 0.717) is 6.54 Å². The van der Waals surface area contributed by atoms with Crippen LogP contribution in [0, 0.1) is 11.3 Å². The minimum atomic E-state index is -0.360. The third-order valence-corrected chi connectivity index (χ3v) is 2.98. The van der Waals surface area contributed by atoms with Crippen molar-refractivity contribution in [2.45, 2.75) is 31.3 Å². The van der Waals surface area contributed by atoms with E-state index in [4.69, 9.17) is 5.26 Å². The number of nitrogens with one attached hydrogen (secondary N) is 1. The van der Waals surface area contributed by atoms with Crippen LogP contribution in [-0.4, -0.2) is 36.0 Å². The molecule has 2 rings (SSSR count). The molecule has 1 N–H and O–H groups in total. The largest absolute Gasteiger partial charge is 0.318 e. The van der Waals surface area contributed by atoms with Gasteiger partial charge in [0, 0.05) is 6.54 Å². The van der Waals surface area contributed by atoms with Gasteiger partial charge in [-0.05, 0) is 25.5 Å². The Morgan fingerprint density at radius 3 is 3.07 bits per heavy atom. The zero-order chi connectivity index (χ0) is 10.7. The van der Waals surface area contributed by atoms with Gasteiger partial charge in [-0.1, -0.05) is 12.5 Å². The van der Waals surface area contributed by atoms with Crippen LogP contribution in [0.3, 0.4) is 0 Å². The molecule has 0 saturated carbocycles. The molecular weight excluding hydrogens is 190 g/mol. The summed E-state index contributed by atoms with van der Waals surface area (Å²) in [5.74, 6) is 0.0752. The van der Waals surface area contributed by atoms with Gasteiger partial charge in [0.1, 0.15) is 6.04 Å². The summed E-state index contributed by atoms with van der Waals surface area (Å²) in [7, 11) is 0. The minimum Gasteiger partial charge on any atom is -0.318 e. The van der Waals surface area contributed by atoms with Gasteiger partial charge in [0.2, 0.25) is 5.91 Å². The fourth-order valence-corrected chi connectivity index (χ4v) is 2.12. The molecule has 2 atom stereocenters. The van der Waals surface area contributed by atoms with Crippen molar-refractivity contribution < 1.29 is 4.79 Å². The fraction of sp³-hybridized carbons (Fsp3) is 0.636. The van der Waals surface area contributed by atoms with Gasteiger partial charge in [0.05, 0.1) is 12.1 Å². The van der Waals surface area contributed by atoms with Crippen LogP contribution in [0.4, 0.5) is 0 Å². The van der Waals surface area contributed by atoms with Crippen LogP contribution in [-0.2, 0) is 4.79 Å². The molecule has 4 nitrogen and oxygen atoms in total. The second-order valence-electron chi connectivity index (χ2n) is 4.00. The van der Waals surface area contributed by atoms with Crippen molar-refractivity contribution in [3.63, 3.8) is 0 Å². The number of nitrogens with zero attached hydrogens (tertiary/aromatic N) is 2. The van der Waals surface area contributed by atoms with Crippen molar-refractivity contribution in [1.82, 2.24) is 10.2 Å². The third-order valence-electron chi connectivity index (χ3n) is 2.98. The number of rotatable bonds is 1. The van der Waals surface area contributed by atoms with E-state index >= 15 is 0 Å². The molecular formula is C11H15N3O. The van der Waals surface area contributed by atoms with Crippen LogP contribution in [0.5, 0.6) is 0 Å². The predicted octanol–water partition coefficient (Wildman–Crippen LogP) is 0.419. The zero-order valence-corrected chi connectivity index (χ0v) is 8.65. The van der Waals surface area contributed by atoms with E-state index < -0.39 is 0 Å². The van der Waals surface area contributed by atoms with Crippen LogP contribution >= 0.6 is 0 Å². The second kappa shape index (κ2) is 4.45.